The number of carbonyl (C=O) groups is 3. The highest BCUT2D eigenvalue weighted by molar-refractivity contribution is 6.21. The van der Waals surface area contributed by atoms with E-state index in [0.29, 0.717) is 23.1 Å². The summed E-state index contributed by atoms with van der Waals surface area (Å²) in [6, 6.07) is 5.00. The molecule has 0 aliphatic carbocycles. The second-order valence-electron chi connectivity index (χ2n) is 5.61. The average Bonchev–Trinajstić information content (AvgIpc) is 2.70. The lowest BCUT2D eigenvalue weighted by Gasteiger charge is -2.20. The summed E-state index contributed by atoms with van der Waals surface area (Å²) in [6.45, 7) is 7.02. The van der Waals surface area contributed by atoms with Gasteiger partial charge in [0.05, 0.1) is 11.1 Å². The molecule has 1 N–H and O–H groups in total. The van der Waals surface area contributed by atoms with Crippen LogP contribution in [0.2, 0.25) is 0 Å². The Morgan fingerprint density at radius 2 is 1.91 bits per heavy atom. The van der Waals surface area contributed by atoms with Crippen LogP contribution in [0.5, 0.6) is 0 Å². The second kappa shape index (κ2) is 6.23. The van der Waals surface area contributed by atoms with E-state index in [9.17, 15) is 19.5 Å². The molecule has 0 saturated heterocycles. The number of fused-ring (bicyclic) bond motifs is 1. The van der Waals surface area contributed by atoms with Gasteiger partial charge >= 0.3 is 0 Å². The summed E-state index contributed by atoms with van der Waals surface area (Å²) in [5, 5.41) is 10.1. The number of aliphatic hydroxyl groups is 1. The van der Waals surface area contributed by atoms with Crippen LogP contribution in [-0.2, 0) is 4.79 Å². The van der Waals surface area contributed by atoms with Crippen LogP contribution in [0.3, 0.4) is 0 Å². The van der Waals surface area contributed by atoms with Gasteiger partial charge in [0.25, 0.3) is 11.8 Å². The standard InChI is InChI=1S/C17H19NO4/c1-10(2)14(19)5-4-6-15(20)18-16(21)12-8-7-11(3)9-13(12)17(18)22/h7-9,15,20H,1,4-6H2,2-3H3. The normalized spacial score (nSPS) is 15.0. The number of ketones is 1. The number of amides is 2. The Bertz CT molecular complexity index is 663. The minimum Gasteiger partial charge on any atom is -0.373 e. The van der Waals surface area contributed by atoms with E-state index >= 15 is 0 Å². The van der Waals surface area contributed by atoms with Gasteiger partial charge in [0.15, 0.2) is 5.78 Å². The number of benzene rings is 1. The van der Waals surface area contributed by atoms with E-state index in [-0.39, 0.29) is 18.6 Å². The van der Waals surface area contributed by atoms with E-state index in [2.05, 4.69) is 6.58 Å². The summed E-state index contributed by atoms with van der Waals surface area (Å²) in [4.78, 5) is 36.8. The third-order valence-electron chi connectivity index (χ3n) is 3.71. The highest BCUT2D eigenvalue weighted by atomic mass is 16.3. The van der Waals surface area contributed by atoms with Gasteiger partial charge in [-0.05, 0) is 44.4 Å². The van der Waals surface area contributed by atoms with Crippen molar-refractivity contribution in [2.75, 3.05) is 0 Å². The van der Waals surface area contributed by atoms with Gasteiger partial charge < -0.3 is 5.11 Å². The molecule has 5 nitrogen and oxygen atoms in total. The number of imide groups is 1. The number of aryl methyl sites for hydroxylation is 1. The molecule has 0 spiro atoms. The second-order valence-corrected chi connectivity index (χ2v) is 5.61. The largest absolute Gasteiger partial charge is 0.373 e. The first-order valence-corrected chi connectivity index (χ1v) is 7.18. The zero-order valence-corrected chi connectivity index (χ0v) is 12.8. The van der Waals surface area contributed by atoms with Crippen molar-refractivity contribution < 1.29 is 19.5 Å². The molecule has 22 heavy (non-hydrogen) atoms. The monoisotopic (exact) mass is 301 g/mol. The predicted molar refractivity (Wildman–Crippen MR) is 81.4 cm³/mol. The molecule has 2 rings (SSSR count). The van der Waals surface area contributed by atoms with E-state index in [1.54, 1.807) is 25.1 Å². The van der Waals surface area contributed by atoms with Crippen molar-refractivity contribution in [2.24, 2.45) is 0 Å². The third-order valence-corrected chi connectivity index (χ3v) is 3.71. The van der Waals surface area contributed by atoms with Crippen LogP contribution in [0, 0.1) is 6.92 Å². The zero-order chi connectivity index (χ0) is 16.4. The lowest BCUT2D eigenvalue weighted by Crippen LogP contribution is -2.39. The highest BCUT2D eigenvalue weighted by Crippen LogP contribution is 2.26. The van der Waals surface area contributed by atoms with Gasteiger partial charge in [-0.15, -0.1) is 0 Å². The smallest absolute Gasteiger partial charge is 0.263 e. The van der Waals surface area contributed by atoms with Crippen LogP contribution >= 0.6 is 0 Å². The fraction of sp³-hybridized carbons (Fsp3) is 0.353. The predicted octanol–water partition coefficient (Wildman–Crippen LogP) is 2.22. The first-order valence-electron chi connectivity index (χ1n) is 7.18. The molecule has 0 bridgehead atoms. The first-order chi connectivity index (χ1) is 10.3. The quantitative estimate of drug-likeness (QED) is 0.646. The van der Waals surface area contributed by atoms with Crippen LogP contribution in [0.4, 0.5) is 0 Å². The fourth-order valence-corrected chi connectivity index (χ4v) is 2.43. The number of hydrogen-bond acceptors (Lipinski definition) is 4. The van der Waals surface area contributed by atoms with Gasteiger partial charge in [-0.25, -0.2) is 4.90 Å². The molecule has 0 saturated carbocycles. The molecule has 2 amide bonds. The van der Waals surface area contributed by atoms with Gasteiger partial charge in [-0.3, -0.25) is 14.4 Å². The van der Waals surface area contributed by atoms with E-state index in [1.165, 1.54) is 0 Å². The summed E-state index contributed by atoms with van der Waals surface area (Å²) in [5.41, 5.74) is 1.98. The molecule has 5 heteroatoms. The molecule has 116 valence electrons. The van der Waals surface area contributed by atoms with Gasteiger partial charge in [-0.1, -0.05) is 18.2 Å². The number of rotatable bonds is 6. The van der Waals surface area contributed by atoms with E-state index < -0.39 is 18.0 Å². The van der Waals surface area contributed by atoms with Gasteiger partial charge in [0.1, 0.15) is 6.23 Å². The van der Waals surface area contributed by atoms with Crippen LogP contribution in [-0.4, -0.2) is 33.8 Å². The van der Waals surface area contributed by atoms with Gasteiger partial charge in [0.2, 0.25) is 0 Å². The molecule has 1 aliphatic heterocycles. The van der Waals surface area contributed by atoms with Crippen molar-refractivity contribution in [3.63, 3.8) is 0 Å². The summed E-state index contributed by atoms with van der Waals surface area (Å²) in [6.07, 6.45) is -0.414. The van der Waals surface area contributed by atoms with E-state index in [1.807, 2.05) is 6.92 Å². The van der Waals surface area contributed by atoms with Crippen LogP contribution in [0.25, 0.3) is 0 Å². The Labute approximate surface area is 129 Å². The summed E-state index contributed by atoms with van der Waals surface area (Å²) < 4.78 is 0. The Balaban J connectivity index is 2.04. The minimum absolute atomic E-state index is 0.0785. The SMILES string of the molecule is C=C(C)C(=O)CCCC(O)N1C(=O)c2ccc(C)cc2C1=O. The number of hydrogen-bond donors (Lipinski definition) is 1. The molecule has 1 aliphatic rings. The molecule has 1 aromatic carbocycles. The molecule has 1 atom stereocenters. The average molecular weight is 301 g/mol. The maximum absolute atomic E-state index is 12.3. The molecule has 1 heterocycles. The van der Waals surface area contributed by atoms with Crippen molar-refractivity contribution in [3.8, 4) is 0 Å². The number of carbonyl (C=O) groups excluding carboxylic acids is 3. The van der Waals surface area contributed by atoms with Crippen molar-refractivity contribution >= 4 is 17.6 Å². The molecular weight excluding hydrogens is 282 g/mol. The number of allylic oxidation sites excluding steroid dienone is 1. The maximum atomic E-state index is 12.3. The lowest BCUT2D eigenvalue weighted by molar-refractivity contribution is -0.115. The molecule has 1 aromatic rings. The zero-order valence-electron chi connectivity index (χ0n) is 12.8. The molecule has 0 aromatic heterocycles. The Morgan fingerprint density at radius 3 is 2.55 bits per heavy atom. The van der Waals surface area contributed by atoms with Crippen LogP contribution in [0.15, 0.2) is 30.4 Å². The van der Waals surface area contributed by atoms with Crippen molar-refractivity contribution in [2.45, 2.75) is 39.3 Å². The fourth-order valence-electron chi connectivity index (χ4n) is 2.43. The Hall–Kier alpha value is -2.27. The summed E-state index contributed by atoms with van der Waals surface area (Å²) in [5.74, 6) is -1.05. The molecular formula is C17H19NO4. The lowest BCUT2D eigenvalue weighted by atomic mass is 10.1. The van der Waals surface area contributed by atoms with Gasteiger partial charge in [-0.2, -0.15) is 0 Å². The summed E-state index contributed by atoms with van der Waals surface area (Å²) in [7, 11) is 0. The van der Waals surface area contributed by atoms with E-state index in [0.717, 1.165) is 10.5 Å². The van der Waals surface area contributed by atoms with Crippen LogP contribution < -0.4 is 0 Å². The minimum atomic E-state index is -1.22. The summed E-state index contributed by atoms with van der Waals surface area (Å²) >= 11 is 0. The van der Waals surface area contributed by atoms with Crippen LogP contribution in [0.1, 0.15) is 52.5 Å². The number of Topliss-reactive ketones (excluding diaryl/α,β-unsaturated/α-hetero) is 1. The van der Waals surface area contributed by atoms with Crippen molar-refractivity contribution in [3.05, 3.63) is 47.0 Å². The molecule has 0 radical (unpaired) electrons. The Morgan fingerprint density at radius 1 is 1.27 bits per heavy atom. The molecule has 1 unspecified atom stereocenters. The number of aliphatic hydroxyl groups excluding tert-OH is 1. The van der Waals surface area contributed by atoms with Crippen molar-refractivity contribution in [1.29, 1.82) is 0 Å². The highest BCUT2D eigenvalue weighted by Gasteiger charge is 2.39. The topological polar surface area (TPSA) is 74.7 Å². The van der Waals surface area contributed by atoms with E-state index in [4.69, 9.17) is 0 Å². The number of nitrogens with zero attached hydrogens (tertiary/aromatic N) is 1. The molecule has 0 fully saturated rings. The first kappa shape index (κ1) is 16.1. The maximum Gasteiger partial charge on any atom is 0.263 e. The Kier molecular flexibility index (Phi) is 4.56. The van der Waals surface area contributed by atoms with Gasteiger partial charge in [0, 0.05) is 6.42 Å². The van der Waals surface area contributed by atoms with Crippen molar-refractivity contribution in [1.82, 2.24) is 4.90 Å². The third kappa shape index (κ3) is 2.99.